The van der Waals surface area contributed by atoms with Gasteiger partial charge in [-0.1, -0.05) is 70.2 Å². The third-order valence-corrected chi connectivity index (χ3v) is 11.7. The second kappa shape index (κ2) is 19.8. The zero-order valence-corrected chi connectivity index (χ0v) is 35.7. The van der Waals surface area contributed by atoms with Gasteiger partial charge in [0.15, 0.2) is 0 Å². The molecule has 3 aromatic carbocycles. The van der Waals surface area contributed by atoms with E-state index in [0.29, 0.717) is 49.6 Å². The number of likely N-dealkylation sites (tertiary alicyclic amines) is 1. The van der Waals surface area contributed by atoms with Crippen LogP contribution >= 0.6 is 0 Å². The summed E-state index contributed by atoms with van der Waals surface area (Å²) in [6, 6.07) is 22.9. The number of carbonyl (C=O) groups is 6. The van der Waals surface area contributed by atoms with Gasteiger partial charge >= 0.3 is 12.2 Å². The second-order valence-electron chi connectivity index (χ2n) is 16.3. The quantitative estimate of drug-likeness (QED) is 0.147. The molecule has 0 bridgehead atoms. The molecule has 61 heavy (non-hydrogen) atoms. The smallest absolute Gasteiger partial charge is 0.407 e. The van der Waals surface area contributed by atoms with Gasteiger partial charge in [-0.3, -0.25) is 19.2 Å². The first-order valence-electron chi connectivity index (χ1n) is 21.0. The third kappa shape index (κ3) is 10.3. The summed E-state index contributed by atoms with van der Waals surface area (Å²) >= 11 is 0. The minimum absolute atomic E-state index is 0.0273. The van der Waals surface area contributed by atoms with Crippen molar-refractivity contribution in [1.82, 2.24) is 20.4 Å². The fourth-order valence-corrected chi connectivity index (χ4v) is 8.39. The molecule has 2 saturated heterocycles. The Morgan fingerprint density at radius 1 is 0.721 bits per heavy atom. The van der Waals surface area contributed by atoms with Crippen LogP contribution in [0.25, 0.3) is 0 Å². The number of nitrogens with one attached hydrogen (secondary N) is 4. The first-order chi connectivity index (χ1) is 29.3. The monoisotopic (exact) mass is 835 g/mol. The Kier molecular flexibility index (Phi) is 14.3. The Balaban J connectivity index is 1.15. The molecule has 0 spiro atoms. The zero-order valence-electron chi connectivity index (χ0n) is 35.7. The third-order valence-electron chi connectivity index (χ3n) is 11.7. The van der Waals surface area contributed by atoms with Crippen LogP contribution in [-0.2, 0) is 28.7 Å². The van der Waals surface area contributed by atoms with Crippen LogP contribution in [0.5, 0.6) is 0 Å². The topological polar surface area (TPSA) is 179 Å². The van der Waals surface area contributed by atoms with Gasteiger partial charge in [-0.05, 0) is 97.0 Å². The summed E-state index contributed by atoms with van der Waals surface area (Å²) in [7, 11) is 2.46. The maximum Gasteiger partial charge on any atom is 0.407 e. The molecule has 3 aliphatic rings. The van der Waals surface area contributed by atoms with Crippen LogP contribution in [0.2, 0.25) is 0 Å². The molecule has 15 heteroatoms. The highest BCUT2D eigenvalue weighted by Crippen LogP contribution is 2.47. The van der Waals surface area contributed by atoms with Crippen LogP contribution < -0.4 is 26.2 Å². The van der Waals surface area contributed by atoms with Crippen LogP contribution in [0.1, 0.15) is 94.5 Å². The molecule has 3 aromatic rings. The van der Waals surface area contributed by atoms with Crippen molar-refractivity contribution in [2.75, 3.05) is 49.4 Å². The van der Waals surface area contributed by atoms with Crippen LogP contribution in [-0.4, -0.2) is 91.6 Å². The molecule has 0 aromatic heterocycles. The summed E-state index contributed by atoms with van der Waals surface area (Å²) in [5.41, 5.74) is 5.96. The van der Waals surface area contributed by atoms with E-state index >= 15 is 0 Å². The number of ether oxygens (including phenoxy) is 2. The molecule has 6 amide bonds. The number of carbonyl (C=O) groups excluding carboxylic acids is 6. The van der Waals surface area contributed by atoms with Gasteiger partial charge in [0.2, 0.25) is 17.7 Å². The molecule has 324 valence electrons. The first-order valence-corrected chi connectivity index (χ1v) is 21.0. The Bertz CT molecular complexity index is 2100. The molecule has 3 aliphatic heterocycles. The normalized spacial score (nSPS) is 19.0. The van der Waals surface area contributed by atoms with Gasteiger partial charge in [-0.15, -0.1) is 0 Å². The van der Waals surface area contributed by atoms with Crippen LogP contribution in [0, 0.1) is 5.92 Å². The number of alkyl carbamates (subject to hydrolysis) is 2. The van der Waals surface area contributed by atoms with Crippen LogP contribution in [0.3, 0.4) is 0 Å². The van der Waals surface area contributed by atoms with E-state index in [2.05, 4.69) is 69.0 Å². The van der Waals surface area contributed by atoms with Crippen molar-refractivity contribution in [3.63, 3.8) is 0 Å². The summed E-state index contributed by atoms with van der Waals surface area (Å²) < 4.78 is 9.28. The molecule has 0 saturated carbocycles. The highest BCUT2D eigenvalue weighted by atomic mass is 16.5. The van der Waals surface area contributed by atoms with Crippen molar-refractivity contribution < 1.29 is 38.2 Å². The Morgan fingerprint density at radius 2 is 1.31 bits per heavy atom. The van der Waals surface area contributed by atoms with Crippen molar-refractivity contribution in [2.24, 2.45) is 5.92 Å². The zero-order chi connectivity index (χ0) is 43.8. The number of hydrogen-bond donors (Lipinski definition) is 4. The lowest BCUT2D eigenvalue weighted by Gasteiger charge is -2.34. The van der Waals surface area contributed by atoms with E-state index in [9.17, 15) is 28.8 Å². The maximum atomic E-state index is 13.6. The van der Waals surface area contributed by atoms with Gasteiger partial charge < -0.3 is 45.4 Å². The molecule has 4 atom stereocenters. The van der Waals surface area contributed by atoms with Crippen LogP contribution in [0.15, 0.2) is 84.6 Å². The predicted octanol–water partition coefficient (Wildman–Crippen LogP) is 6.61. The van der Waals surface area contributed by atoms with Gasteiger partial charge in [0.1, 0.15) is 24.3 Å². The van der Waals surface area contributed by atoms with Gasteiger partial charge in [0, 0.05) is 30.2 Å². The molecule has 6 rings (SSSR count). The SMILES string of the molecule is COC(=O)NCC(=O)N1CCC[C@H]1C(=O)Nc1ccc([C@@H]2CC[C@@H](c3ccc(NC(=O)C4=CCCN4C(=O)C(NC(=O)OC)C(C)C)cc3)N2c2ccc(C(C)C)cc2)cc1. The average molecular weight is 836 g/mol. The van der Waals surface area contributed by atoms with E-state index in [1.807, 2.05) is 62.4 Å². The van der Waals surface area contributed by atoms with Crippen molar-refractivity contribution in [3.05, 3.63) is 101 Å². The first kappa shape index (κ1) is 44.2. The van der Waals surface area contributed by atoms with Crippen LogP contribution in [0.4, 0.5) is 26.7 Å². The Morgan fingerprint density at radius 3 is 1.87 bits per heavy atom. The maximum absolute atomic E-state index is 13.6. The molecule has 3 heterocycles. The lowest BCUT2D eigenvalue weighted by molar-refractivity contribution is -0.135. The Labute approximate surface area is 357 Å². The molecule has 0 radical (unpaired) electrons. The summed E-state index contributed by atoms with van der Waals surface area (Å²) in [5, 5.41) is 10.9. The van der Waals surface area contributed by atoms with E-state index in [1.165, 1.54) is 29.6 Å². The van der Waals surface area contributed by atoms with E-state index in [1.54, 1.807) is 6.08 Å². The predicted molar refractivity (Wildman–Crippen MR) is 232 cm³/mol. The summed E-state index contributed by atoms with van der Waals surface area (Å²) in [4.78, 5) is 82.0. The van der Waals surface area contributed by atoms with Gasteiger partial charge in [-0.2, -0.15) is 0 Å². The summed E-state index contributed by atoms with van der Waals surface area (Å²) in [6.45, 7) is 8.51. The molecule has 0 aliphatic carbocycles. The number of anilines is 3. The fourth-order valence-electron chi connectivity index (χ4n) is 8.39. The van der Waals surface area contributed by atoms with Crippen molar-refractivity contribution in [2.45, 2.75) is 89.9 Å². The van der Waals surface area contributed by atoms with Crippen molar-refractivity contribution in [1.29, 1.82) is 0 Å². The molecule has 1 unspecified atom stereocenters. The number of nitrogens with zero attached hydrogens (tertiary/aromatic N) is 3. The lowest BCUT2D eigenvalue weighted by Crippen LogP contribution is -2.51. The highest BCUT2D eigenvalue weighted by Gasteiger charge is 2.38. The van der Waals surface area contributed by atoms with E-state index in [4.69, 9.17) is 4.74 Å². The summed E-state index contributed by atoms with van der Waals surface area (Å²) in [5.74, 6) is -1.24. The van der Waals surface area contributed by atoms with Crippen molar-refractivity contribution in [3.8, 4) is 0 Å². The molecular weight excluding hydrogens is 779 g/mol. The van der Waals surface area contributed by atoms with E-state index in [0.717, 1.165) is 29.7 Å². The molecule has 15 nitrogen and oxygen atoms in total. The molecule has 2 fully saturated rings. The standard InChI is InChI=1S/C46H57N7O8/c1-28(2)30-15-21-35(22-16-30)53-36(31-11-17-33(18-12-31)48-42(55)38-9-7-25-51(38)40(54)27-47-45(58)60-5)23-24-37(53)32-13-19-34(20-14-32)49-43(56)39-10-8-26-52(39)44(57)41(29(3)4)50-46(59)61-6/h10-22,28-29,36-38,41H,7-9,23-27H2,1-6H3,(H,47,58)(H,48,55)(H,49,56)(H,50,59)/t36-,37-,38-,41?/m0/s1. The molecule has 4 N–H and O–H groups in total. The molecular formula is C46H57N7O8. The van der Waals surface area contributed by atoms with Gasteiger partial charge in [0.25, 0.3) is 5.91 Å². The fraction of sp³-hybridized carbons (Fsp3) is 0.435. The highest BCUT2D eigenvalue weighted by molar-refractivity contribution is 6.07. The minimum Gasteiger partial charge on any atom is -0.453 e. The lowest BCUT2D eigenvalue weighted by atomic mass is 10.0. The Hall–Kier alpha value is -6.38. The number of hydrogen-bond acceptors (Lipinski definition) is 9. The summed E-state index contributed by atoms with van der Waals surface area (Å²) in [6.07, 6.45) is 3.80. The van der Waals surface area contributed by atoms with Crippen molar-refractivity contribution >= 4 is 52.9 Å². The second-order valence-corrected chi connectivity index (χ2v) is 16.3. The number of rotatable bonds is 13. The van der Waals surface area contributed by atoms with Gasteiger partial charge in [0.05, 0.1) is 26.3 Å². The van der Waals surface area contributed by atoms with E-state index in [-0.39, 0.29) is 48.0 Å². The average Bonchev–Trinajstić information content (AvgIpc) is 4.06. The van der Waals surface area contributed by atoms with Gasteiger partial charge in [-0.25, -0.2) is 9.59 Å². The largest absolute Gasteiger partial charge is 0.453 e. The number of benzene rings is 3. The number of amides is 6. The minimum atomic E-state index is -0.851. The number of methoxy groups -OCH3 is 2. The van der Waals surface area contributed by atoms with E-state index < -0.39 is 30.2 Å².